The van der Waals surface area contributed by atoms with E-state index < -0.39 is 0 Å². The monoisotopic (exact) mass is 252 g/mol. The van der Waals surface area contributed by atoms with E-state index in [0.29, 0.717) is 17.3 Å². The molecule has 3 fully saturated rings. The van der Waals surface area contributed by atoms with Gasteiger partial charge in [-0.3, -0.25) is 4.79 Å². The van der Waals surface area contributed by atoms with E-state index in [0.717, 1.165) is 19.7 Å². The van der Waals surface area contributed by atoms with Crippen LogP contribution in [-0.4, -0.2) is 62.1 Å². The van der Waals surface area contributed by atoms with Gasteiger partial charge in [0.25, 0.3) is 0 Å². The number of hydrogen-bond donors (Lipinski definition) is 0. The summed E-state index contributed by atoms with van der Waals surface area (Å²) in [5.41, 5.74) is 0.466. The Bertz CT molecular complexity index is 327. The molecular weight excluding hydrogens is 228 g/mol. The lowest BCUT2D eigenvalue weighted by Gasteiger charge is -2.25. The van der Waals surface area contributed by atoms with E-state index in [1.807, 2.05) is 12.0 Å². The van der Waals surface area contributed by atoms with Crippen LogP contribution < -0.4 is 0 Å². The molecule has 0 N–H and O–H groups in total. The minimum atomic E-state index is 0.244. The molecule has 2 heterocycles. The number of methoxy groups -OCH3 is 1. The summed E-state index contributed by atoms with van der Waals surface area (Å²) in [6, 6.07) is 0. The van der Waals surface area contributed by atoms with Crippen LogP contribution in [0.1, 0.15) is 19.8 Å². The van der Waals surface area contributed by atoms with Gasteiger partial charge in [-0.05, 0) is 24.7 Å². The topological polar surface area (TPSA) is 32.8 Å². The van der Waals surface area contributed by atoms with E-state index >= 15 is 0 Å². The quantitative estimate of drug-likeness (QED) is 0.743. The van der Waals surface area contributed by atoms with Crippen LogP contribution in [-0.2, 0) is 9.53 Å². The number of carbonyl (C=O) groups is 1. The fourth-order valence-corrected chi connectivity index (χ4v) is 3.78. The Morgan fingerprint density at radius 2 is 1.83 bits per heavy atom. The largest absolute Gasteiger partial charge is 0.384 e. The molecule has 1 saturated carbocycles. The third kappa shape index (κ3) is 2.28. The number of rotatable bonds is 4. The van der Waals surface area contributed by atoms with Crippen LogP contribution in [0.2, 0.25) is 0 Å². The normalized spacial score (nSPS) is 33.8. The third-order valence-electron chi connectivity index (χ3n) is 4.97. The first-order chi connectivity index (χ1) is 8.62. The minimum Gasteiger partial charge on any atom is -0.384 e. The summed E-state index contributed by atoms with van der Waals surface area (Å²) in [5.74, 6) is 1.67. The Kier molecular flexibility index (Phi) is 3.10. The molecule has 3 aliphatic rings. The molecule has 18 heavy (non-hydrogen) atoms. The fraction of sp³-hybridized carbons (Fsp3) is 0.929. The molecule has 102 valence electrons. The van der Waals surface area contributed by atoms with Crippen molar-refractivity contribution in [3.8, 4) is 0 Å². The molecule has 2 atom stereocenters. The summed E-state index contributed by atoms with van der Waals surface area (Å²) < 4.78 is 5.34. The van der Waals surface area contributed by atoms with Gasteiger partial charge in [0.15, 0.2) is 0 Å². The molecule has 2 saturated heterocycles. The second-order valence-corrected chi connectivity index (χ2v) is 6.57. The molecule has 0 aromatic rings. The Labute approximate surface area is 109 Å². The molecule has 1 aliphatic carbocycles. The van der Waals surface area contributed by atoms with Crippen molar-refractivity contribution in [3.05, 3.63) is 0 Å². The maximum Gasteiger partial charge on any atom is 0.219 e. The summed E-state index contributed by atoms with van der Waals surface area (Å²) in [5, 5.41) is 0. The molecular formula is C14H24N2O2. The van der Waals surface area contributed by atoms with Crippen molar-refractivity contribution >= 4 is 5.91 Å². The van der Waals surface area contributed by atoms with Crippen molar-refractivity contribution in [1.82, 2.24) is 9.80 Å². The summed E-state index contributed by atoms with van der Waals surface area (Å²) in [4.78, 5) is 16.0. The SMILES string of the molecule is COCC1(CN2CC3CN(C(C)=O)CC3C2)CC1. The first kappa shape index (κ1) is 12.4. The molecule has 0 aromatic heterocycles. The van der Waals surface area contributed by atoms with Gasteiger partial charge in [0, 0.05) is 52.2 Å². The van der Waals surface area contributed by atoms with Gasteiger partial charge in [-0.25, -0.2) is 0 Å². The van der Waals surface area contributed by atoms with Crippen molar-refractivity contribution in [2.24, 2.45) is 17.3 Å². The van der Waals surface area contributed by atoms with E-state index in [2.05, 4.69) is 4.90 Å². The van der Waals surface area contributed by atoms with Gasteiger partial charge in [0.2, 0.25) is 5.91 Å². The predicted molar refractivity (Wildman–Crippen MR) is 69.2 cm³/mol. The van der Waals surface area contributed by atoms with Crippen molar-refractivity contribution in [2.75, 3.05) is 46.4 Å². The second-order valence-electron chi connectivity index (χ2n) is 6.57. The maximum atomic E-state index is 11.4. The van der Waals surface area contributed by atoms with Gasteiger partial charge < -0.3 is 14.5 Å². The Hall–Kier alpha value is -0.610. The van der Waals surface area contributed by atoms with E-state index in [9.17, 15) is 4.79 Å². The highest BCUT2D eigenvalue weighted by atomic mass is 16.5. The molecule has 4 heteroatoms. The van der Waals surface area contributed by atoms with Crippen LogP contribution in [0.15, 0.2) is 0 Å². The molecule has 4 nitrogen and oxygen atoms in total. The van der Waals surface area contributed by atoms with Crippen molar-refractivity contribution < 1.29 is 9.53 Å². The van der Waals surface area contributed by atoms with Gasteiger partial charge in [-0.15, -0.1) is 0 Å². The molecule has 2 aliphatic heterocycles. The Morgan fingerprint density at radius 1 is 1.22 bits per heavy atom. The average Bonchev–Trinajstić information content (AvgIpc) is 2.77. The van der Waals surface area contributed by atoms with Crippen LogP contribution in [0, 0.1) is 17.3 Å². The number of hydrogen-bond acceptors (Lipinski definition) is 3. The molecule has 0 aromatic carbocycles. The van der Waals surface area contributed by atoms with Crippen LogP contribution >= 0.6 is 0 Å². The van der Waals surface area contributed by atoms with Gasteiger partial charge in [0.1, 0.15) is 0 Å². The number of nitrogens with zero attached hydrogens (tertiary/aromatic N) is 2. The highest BCUT2D eigenvalue weighted by Crippen LogP contribution is 2.47. The van der Waals surface area contributed by atoms with Gasteiger partial charge in [-0.1, -0.05) is 0 Å². The molecule has 0 spiro atoms. The zero-order valence-corrected chi connectivity index (χ0v) is 11.5. The summed E-state index contributed by atoms with van der Waals surface area (Å²) >= 11 is 0. The Balaban J connectivity index is 1.51. The molecule has 1 amide bonds. The van der Waals surface area contributed by atoms with Crippen molar-refractivity contribution in [1.29, 1.82) is 0 Å². The van der Waals surface area contributed by atoms with Crippen LogP contribution in [0.4, 0.5) is 0 Å². The van der Waals surface area contributed by atoms with Gasteiger partial charge in [-0.2, -0.15) is 0 Å². The third-order valence-corrected chi connectivity index (χ3v) is 4.97. The summed E-state index contributed by atoms with van der Waals surface area (Å²) in [6.45, 7) is 8.13. The van der Waals surface area contributed by atoms with Gasteiger partial charge in [0.05, 0.1) is 6.61 Å². The maximum absolute atomic E-state index is 11.4. The molecule has 3 rings (SSSR count). The molecule has 0 bridgehead atoms. The number of carbonyl (C=O) groups excluding carboxylic acids is 1. The van der Waals surface area contributed by atoms with Crippen LogP contribution in [0.5, 0.6) is 0 Å². The van der Waals surface area contributed by atoms with E-state index in [-0.39, 0.29) is 5.91 Å². The van der Waals surface area contributed by atoms with E-state index in [1.165, 1.54) is 32.5 Å². The average molecular weight is 252 g/mol. The lowest BCUT2D eigenvalue weighted by atomic mass is 10.0. The van der Waals surface area contributed by atoms with Crippen LogP contribution in [0.25, 0.3) is 0 Å². The molecule has 0 radical (unpaired) electrons. The highest BCUT2D eigenvalue weighted by Gasteiger charge is 2.47. The van der Waals surface area contributed by atoms with Crippen LogP contribution in [0.3, 0.4) is 0 Å². The summed E-state index contributed by atoms with van der Waals surface area (Å²) in [7, 11) is 1.81. The standard InChI is InChI=1S/C14H24N2O2/c1-11(17)16-7-12-5-15(6-13(12)8-16)9-14(3-4-14)10-18-2/h12-13H,3-10H2,1-2H3. The predicted octanol–water partition coefficient (Wildman–Crippen LogP) is 0.823. The second kappa shape index (κ2) is 4.49. The van der Waals surface area contributed by atoms with Gasteiger partial charge >= 0.3 is 0 Å². The number of fused-ring (bicyclic) bond motifs is 1. The minimum absolute atomic E-state index is 0.244. The Morgan fingerprint density at radius 3 is 2.28 bits per heavy atom. The smallest absolute Gasteiger partial charge is 0.219 e. The number of likely N-dealkylation sites (tertiary alicyclic amines) is 2. The summed E-state index contributed by atoms with van der Waals surface area (Å²) in [6.07, 6.45) is 2.65. The van der Waals surface area contributed by atoms with Crippen molar-refractivity contribution in [2.45, 2.75) is 19.8 Å². The zero-order chi connectivity index (χ0) is 12.8. The molecule has 2 unspecified atom stereocenters. The first-order valence-corrected chi connectivity index (χ1v) is 7.09. The lowest BCUT2D eigenvalue weighted by molar-refractivity contribution is -0.128. The highest BCUT2D eigenvalue weighted by molar-refractivity contribution is 5.73. The zero-order valence-electron chi connectivity index (χ0n) is 11.5. The fourth-order valence-electron chi connectivity index (χ4n) is 3.78. The van der Waals surface area contributed by atoms with Crippen molar-refractivity contribution in [3.63, 3.8) is 0 Å². The van der Waals surface area contributed by atoms with E-state index in [4.69, 9.17) is 4.74 Å². The van der Waals surface area contributed by atoms with E-state index in [1.54, 1.807) is 6.92 Å². The first-order valence-electron chi connectivity index (χ1n) is 7.09. The lowest BCUT2D eigenvalue weighted by Crippen LogP contribution is -2.35. The number of ether oxygens (including phenoxy) is 1. The number of amides is 1.